The molecule has 0 unspecified atom stereocenters. The van der Waals surface area contributed by atoms with Gasteiger partial charge >= 0.3 is 0 Å². The number of hydrogen-bond acceptors (Lipinski definition) is 3. The van der Waals surface area contributed by atoms with Crippen LogP contribution in [0, 0.1) is 11.8 Å². The van der Waals surface area contributed by atoms with Gasteiger partial charge in [0.2, 0.25) is 5.91 Å². The third-order valence-corrected chi connectivity index (χ3v) is 6.32. The largest absolute Gasteiger partial charge is 0.378 e. The minimum absolute atomic E-state index is 0.423. The van der Waals surface area contributed by atoms with Crippen LogP contribution in [0.5, 0.6) is 0 Å². The van der Waals surface area contributed by atoms with E-state index in [0.717, 1.165) is 31.9 Å². The number of carbonyl (C=O) groups excluding carboxylic acids is 1. The Kier molecular flexibility index (Phi) is 3.70. The van der Waals surface area contributed by atoms with Crippen LogP contribution in [-0.4, -0.2) is 60.1 Å². The van der Waals surface area contributed by atoms with Gasteiger partial charge < -0.3 is 9.64 Å². The molecule has 4 nitrogen and oxygen atoms in total. The van der Waals surface area contributed by atoms with E-state index in [2.05, 4.69) is 16.7 Å². The first-order valence-corrected chi connectivity index (χ1v) is 8.91. The molecule has 0 N–H and O–H groups in total. The smallest absolute Gasteiger partial charge is 0.222 e. The Morgan fingerprint density at radius 2 is 2.00 bits per heavy atom. The highest BCUT2D eigenvalue weighted by Crippen LogP contribution is 2.43. The molecule has 0 radical (unpaired) electrons. The summed E-state index contributed by atoms with van der Waals surface area (Å²) in [6, 6.07) is 1.20. The number of fused-ring (bicyclic) bond motifs is 6. The van der Waals surface area contributed by atoms with Crippen LogP contribution in [0.3, 0.4) is 0 Å². The van der Waals surface area contributed by atoms with Crippen molar-refractivity contribution in [3.05, 3.63) is 0 Å². The Hall–Kier alpha value is -0.610. The summed E-state index contributed by atoms with van der Waals surface area (Å²) in [6.07, 6.45) is 7.29. The molecule has 4 aliphatic rings. The van der Waals surface area contributed by atoms with Gasteiger partial charge in [0.05, 0.1) is 6.10 Å². The summed E-state index contributed by atoms with van der Waals surface area (Å²) in [5, 5.41) is 0. The monoisotopic (exact) mass is 292 g/mol. The van der Waals surface area contributed by atoms with Gasteiger partial charge in [-0.05, 0) is 50.9 Å². The molecule has 4 heterocycles. The standard InChI is InChI=1S/C17H28N2O2/c1-2-21-14-6-7-18-10-12-8-13(16(18)9-14)11-19-15(12)4-3-5-17(19)20/h12-16H,2-11H2,1H3/t12-,13-,14-,15+,16-/m0/s1. The molecule has 0 spiro atoms. The van der Waals surface area contributed by atoms with E-state index in [4.69, 9.17) is 4.74 Å². The maximum atomic E-state index is 12.3. The van der Waals surface area contributed by atoms with Crippen molar-refractivity contribution in [2.45, 2.75) is 63.6 Å². The van der Waals surface area contributed by atoms with Crippen LogP contribution in [-0.2, 0) is 9.53 Å². The average Bonchev–Trinajstić information content (AvgIpc) is 2.49. The van der Waals surface area contributed by atoms with Crippen LogP contribution in [0.15, 0.2) is 0 Å². The molecule has 0 aromatic carbocycles. The molecule has 4 heteroatoms. The summed E-state index contributed by atoms with van der Waals surface area (Å²) in [5.74, 6) is 1.84. The van der Waals surface area contributed by atoms with Gasteiger partial charge in [0, 0.05) is 44.7 Å². The number of amides is 1. The van der Waals surface area contributed by atoms with E-state index < -0.39 is 0 Å². The van der Waals surface area contributed by atoms with Gasteiger partial charge in [-0.3, -0.25) is 9.69 Å². The van der Waals surface area contributed by atoms with Crippen molar-refractivity contribution in [3.8, 4) is 0 Å². The topological polar surface area (TPSA) is 32.8 Å². The molecule has 1 amide bonds. The maximum absolute atomic E-state index is 12.3. The second kappa shape index (κ2) is 5.54. The first-order valence-electron chi connectivity index (χ1n) is 8.91. The van der Waals surface area contributed by atoms with Crippen molar-refractivity contribution in [1.29, 1.82) is 0 Å². The Balaban J connectivity index is 1.51. The number of carbonyl (C=O) groups is 1. The molecule has 4 saturated heterocycles. The lowest BCUT2D eigenvalue weighted by Crippen LogP contribution is -2.65. The van der Waals surface area contributed by atoms with Crippen LogP contribution < -0.4 is 0 Å². The second-order valence-corrected chi connectivity index (χ2v) is 7.43. The normalized spacial score (nSPS) is 43.4. The molecule has 0 aromatic heterocycles. The zero-order chi connectivity index (χ0) is 14.4. The predicted molar refractivity (Wildman–Crippen MR) is 81.0 cm³/mol. The van der Waals surface area contributed by atoms with E-state index in [1.165, 1.54) is 38.8 Å². The van der Waals surface area contributed by atoms with Gasteiger partial charge in [-0.25, -0.2) is 0 Å². The van der Waals surface area contributed by atoms with E-state index >= 15 is 0 Å². The fourth-order valence-corrected chi connectivity index (χ4v) is 5.44. The third kappa shape index (κ3) is 2.40. The lowest BCUT2D eigenvalue weighted by Gasteiger charge is -2.57. The Labute approximate surface area is 127 Å². The van der Waals surface area contributed by atoms with Crippen LogP contribution in [0.1, 0.15) is 45.4 Å². The molecule has 4 fully saturated rings. The van der Waals surface area contributed by atoms with Crippen molar-refractivity contribution in [1.82, 2.24) is 9.80 Å². The molecule has 2 bridgehead atoms. The van der Waals surface area contributed by atoms with Crippen molar-refractivity contribution < 1.29 is 9.53 Å². The lowest BCUT2D eigenvalue weighted by molar-refractivity contribution is -0.150. The summed E-state index contributed by atoms with van der Waals surface area (Å²) in [7, 11) is 0. The molecule has 4 aliphatic heterocycles. The number of piperidine rings is 4. The van der Waals surface area contributed by atoms with Gasteiger partial charge in [-0.2, -0.15) is 0 Å². The SMILES string of the molecule is CCO[C@H]1CCN2C[C@@H]3C[C@@H](CN4C(=O)CCC[C@H]34)[C@@H]2C1. The second-order valence-electron chi connectivity index (χ2n) is 7.43. The molecule has 0 aliphatic carbocycles. The van der Waals surface area contributed by atoms with Gasteiger partial charge in [0.1, 0.15) is 0 Å². The summed E-state index contributed by atoms with van der Waals surface area (Å²) >= 11 is 0. The Morgan fingerprint density at radius 1 is 1.14 bits per heavy atom. The highest BCUT2D eigenvalue weighted by Gasteiger charge is 2.49. The molecule has 118 valence electrons. The molecule has 0 saturated carbocycles. The Morgan fingerprint density at radius 3 is 2.86 bits per heavy atom. The quantitative estimate of drug-likeness (QED) is 0.779. The van der Waals surface area contributed by atoms with Crippen molar-refractivity contribution in [2.24, 2.45) is 11.8 Å². The lowest BCUT2D eigenvalue weighted by atomic mass is 9.70. The van der Waals surface area contributed by atoms with Gasteiger partial charge in [0.15, 0.2) is 0 Å². The Bertz CT molecular complexity index is 414. The zero-order valence-electron chi connectivity index (χ0n) is 13.2. The third-order valence-electron chi connectivity index (χ3n) is 6.32. The van der Waals surface area contributed by atoms with Crippen LogP contribution in [0.25, 0.3) is 0 Å². The first kappa shape index (κ1) is 14.0. The zero-order valence-corrected chi connectivity index (χ0v) is 13.2. The molecule has 21 heavy (non-hydrogen) atoms. The fraction of sp³-hybridized carbons (Fsp3) is 0.941. The van der Waals surface area contributed by atoms with Gasteiger partial charge in [-0.15, -0.1) is 0 Å². The molecular weight excluding hydrogens is 264 g/mol. The van der Waals surface area contributed by atoms with Crippen molar-refractivity contribution >= 4 is 5.91 Å². The highest BCUT2D eigenvalue weighted by molar-refractivity contribution is 5.77. The summed E-state index contributed by atoms with van der Waals surface area (Å²) < 4.78 is 5.89. The van der Waals surface area contributed by atoms with E-state index in [9.17, 15) is 4.79 Å². The molecule has 0 aromatic rings. The minimum Gasteiger partial charge on any atom is -0.378 e. The van der Waals surface area contributed by atoms with E-state index in [-0.39, 0.29) is 0 Å². The fourth-order valence-electron chi connectivity index (χ4n) is 5.44. The van der Waals surface area contributed by atoms with Crippen molar-refractivity contribution in [3.63, 3.8) is 0 Å². The van der Waals surface area contributed by atoms with Gasteiger partial charge in [0.25, 0.3) is 0 Å². The summed E-state index contributed by atoms with van der Waals surface area (Å²) in [5.41, 5.74) is 0. The van der Waals surface area contributed by atoms with E-state index in [1.54, 1.807) is 0 Å². The minimum atomic E-state index is 0.423. The molecule has 4 rings (SSSR count). The highest BCUT2D eigenvalue weighted by atomic mass is 16.5. The summed E-state index contributed by atoms with van der Waals surface area (Å²) in [6.45, 7) is 6.36. The predicted octanol–water partition coefficient (Wildman–Crippen LogP) is 1.89. The van der Waals surface area contributed by atoms with Crippen LogP contribution in [0.4, 0.5) is 0 Å². The first-order chi connectivity index (χ1) is 10.3. The summed E-state index contributed by atoms with van der Waals surface area (Å²) in [4.78, 5) is 17.3. The molecular formula is C17H28N2O2. The van der Waals surface area contributed by atoms with E-state index in [0.29, 0.717) is 30.0 Å². The number of ether oxygens (including phenoxy) is 1. The number of hydrogen-bond donors (Lipinski definition) is 0. The maximum Gasteiger partial charge on any atom is 0.222 e. The number of nitrogens with zero attached hydrogens (tertiary/aromatic N) is 2. The van der Waals surface area contributed by atoms with Crippen LogP contribution >= 0.6 is 0 Å². The van der Waals surface area contributed by atoms with Crippen molar-refractivity contribution in [2.75, 3.05) is 26.2 Å². The van der Waals surface area contributed by atoms with E-state index in [1.807, 2.05) is 0 Å². The molecule has 5 atom stereocenters. The van der Waals surface area contributed by atoms with Crippen LogP contribution in [0.2, 0.25) is 0 Å². The number of rotatable bonds is 2. The average molecular weight is 292 g/mol. The van der Waals surface area contributed by atoms with Gasteiger partial charge in [-0.1, -0.05) is 0 Å².